The van der Waals surface area contributed by atoms with E-state index in [1.165, 1.54) is 0 Å². The molecule has 3 N–H and O–H groups in total. The minimum Gasteiger partial charge on any atom is -0.481 e. The molecule has 3 aromatic heterocycles. The summed E-state index contributed by atoms with van der Waals surface area (Å²) in [6.45, 7) is 3.93. The number of amides is 1. The standard InChI is InChI=1S/C34H37Cl2F2N7O2/c1-21(46)45-17-11-24(12-18-45)42-20-22-9-15-41-33(31(22)38)43-28-6-3-5-26(29(28)35)32-30(36)25(10-16-40-32)27-8-7-23(34(44-27)47-2)19-39-14-4-13-37/h3,5-10,15-16,24,39,42H,4,11-14,17-20H2,1-2H3,(H,41,43). The lowest BCUT2D eigenvalue weighted by Gasteiger charge is -2.31. The van der Waals surface area contributed by atoms with Crippen molar-refractivity contribution in [3.05, 3.63) is 81.8 Å². The molecule has 1 aliphatic rings. The molecule has 13 heteroatoms. The Kier molecular flexibility index (Phi) is 11.9. The number of piperidine rings is 1. The van der Waals surface area contributed by atoms with Crippen molar-refractivity contribution in [2.75, 3.05) is 38.7 Å². The molecule has 1 aliphatic heterocycles. The average Bonchev–Trinajstić information content (AvgIpc) is 3.08. The minimum absolute atomic E-state index is 0.0399. The zero-order valence-corrected chi connectivity index (χ0v) is 27.8. The van der Waals surface area contributed by atoms with Crippen LogP contribution in [0.25, 0.3) is 22.5 Å². The number of nitrogens with zero attached hydrogens (tertiary/aromatic N) is 4. The molecule has 1 fully saturated rings. The zero-order valence-electron chi connectivity index (χ0n) is 26.3. The van der Waals surface area contributed by atoms with E-state index in [1.807, 2.05) is 17.0 Å². The predicted molar refractivity (Wildman–Crippen MR) is 181 cm³/mol. The van der Waals surface area contributed by atoms with Crippen molar-refractivity contribution in [1.82, 2.24) is 30.5 Å². The van der Waals surface area contributed by atoms with E-state index in [-0.39, 0.29) is 24.4 Å². The SMILES string of the molecule is COc1nc(-c2ccnc(-c3cccc(Nc4nccc(CNC5CCN(C(C)=O)CC5)c4F)c3Cl)c2Cl)ccc1CNCCCF. The molecule has 248 valence electrons. The molecule has 0 aliphatic carbocycles. The summed E-state index contributed by atoms with van der Waals surface area (Å²) in [5.74, 6) is 0.0620. The second-order valence-corrected chi connectivity index (χ2v) is 11.9. The number of benzene rings is 1. The Morgan fingerprint density at radius 2 is 1.79 bits per heavy atom. The highest BCUT2D eigenvalue weighted by atomic mass is 35.5. The molecule has 1 amide bonds. The fourth-order valence-corrected chi connectivity index (χ4v) is 6.05. The number of anilines is 2. The quantitative estimate of drug-likeness (QED) is 0.130. The normalized spacial score (nSPS) is 13.5. The number of hydrogen-bond acceptors (Lipinski definition) is 8. The highest BCUT2D eigenvalue weighted by Gasteiger charge is 2.22. The first-order valence-corrected chi connectivity index (χ1v) is 16.2. The fourth-order valence-electron chi connectivity index (χ4n) is 5.47. The van der Waals surface area contributed by atoms with Gasteiger partial charge in [0.25, 0.3) is 0 Å². The molecule has 0 saturated carbocycles. The topological polar surface area (TPSA) is 104 Å². The van der Waals surface area contributed by atoms with E-state index in [9.17, 15) is 9.18 Å². The van der Waals surface area contributed by atoms with Crippen LogP contribution in [0.15, 0.2) is 54.9 Å². The first kappa shape index (κ1) is 34.4. The molecule has 47 heavy (non-hydrogen) atoms. The molecule has 1 aromatic carbocycles. The number of pyridine rings is 3. The Morgan fingerprint density at radius 3 is 2.53 bits per heavy atom. The Bertz CT molecular complexity index is 1700. The summed E-state index contributed by atoms with van der Waals surface area (Å²) in [7, 11) is 1.54. The van der Waals surface area contributed by atoms with Crippen molar-refractivity contribution in [2.24, 2.45) is 0 Å². The summed E-state index contributed by atoms with van der Waals surface area (Å²) in [5, 5.41) is 10.3. The Morgan fingerprint density at radius 1 is 1.00 bits per heavy atom. The number of methoxy groups -OCH3 is 1. The second-order valence-electron chi connectivity index (χ2n) is 11.2. The van der Waals surface area contributed by atoms with Gasteiger partial charge in [0.15, 0.2) is 11.6 Å². The van der Waals surface area contributed by atoms with E-state index in [2.05, 4.69) is 30.9 Å². The Labute approximate surface area is 283 Å². The highest BCUT2D eigenvalue weighted by Crippen LogP contribution is 2.41. The van der Waals surface area contributed by atoms with Crippen molar-refractivity contribution >= 4 is 40.6 Å². The van der Waals surface area contributed by atoms with Crippen LogP contribution in [0.5, 0.6) is 5.88 Å². The van der Waals surface area contributed by atoms with Crippen LogP contribution in [0, 0.1) is 5.82 Å². The van der Waals surface area contributed by atoms with Crippen LogP contribution in [0.3, 0.4) is 0 Å². The number of hydrogen-bond donors (Lipinski definition) is 3. The van der Waals surface area contributed by atoms with E-state index in [1.54, 1.807) is 56.8 Å². The van der Waals surface area contributed by atoms with E-state index in [0.717, 1.165) is 18.4 Å². The van der Waals surface area contributed by atoms with Crippen molar-refractivity contribution in [3.8, 4) is 28.4 Å². The lowest BCUT2D eigenvalue weighted by atomic mass is 10.0. The fraction of sp³-hybridized carbons (Fsp3) is 0.353. The molecular weight excluding hydrogens is 647 g/mol. The van der Waals surface area contributed by atoms with Crippen LogP contribution < -0.4 is 20.7 Å². The van der Waals surface area contributed by atoms with Crippen LogP contribution in [0.4, 0.5) is 20.3 Å². The third-order valence-electron chi connectivity index (χ3n) is 8.10. The maximum absolute atomic E-state index is 15.6. The molecule has 0 radical (unpaired) electrons. The molecule has 5 rings (SSSR count). The number of ether oxygens (including phenoxy) is 1. The molecule has 0 unspecified atom stereocenters. The Hall–Kier alpha value is -3.90. The van der Waals surface area contributed by atoms with Crippen LogP contribution in [-0.4, -0.2) is 65.2 Å². The number of rotatable bonds is 13. The number of aromatic nitrogens is 3. The average molecular weight is 685 g/mol. The van der Waals surface area contributed by atoms with E-state index < -0.39 is 5.82 Å². The van der Waals surface area contributed by atoms with Gasteiger partial charge in [-0.1, -0.05) is 41.4 Å². The molecular formula is C34H37Cl2F2N7O2. The number of likely N-dealkylation sites (tertiary alicyclic amines) is 1. The van der Waals surface area contributed by atoms with Gasteiger partial charge in [0, 0.05) is 73.8 Å². The van der Waals surface area contributed by atoms with Gasteiger partial charge in [-0.05, 0) is 50.1 Å². The third-order valence-corrected chi connectivity index (χ3v) is 8.89. The zero-order chi connectivity index (χ0) is 33.3. The van der Waals surface area contributed by atoms with Crippen LogP contribution in [0.1, 0.15) is 37.3 Å². The number of nitrogens with one attached hydrogen (secondary N) is 3. The first-order chi connectivity index (χ1) is 22.8. The summed E-state index contributed by atoms with van der Waals surface area (Å²) < 4.78 is 33.6. The molecule has 0 atom stereocenters. The van der Waals surface area contributed by atoms with Crippen LogP contribution in [0.2, 0.25) is 10.0 Å². The Balaban J connectivity index is 1.33. The van der Waals surface area contributed by atoms with Crippen molar-refractivity contribution in [2.45, 2.75) is 45.3 Å². The van der Waals surface area contributed by atoms with Crippen molar-refractivity contribution in [3.63, 3.8) is 0 Å². The van der Waals surface area contributed by atoms with Gasteiger partial charge < -0.3 is 25.6 Å². The van der Waals surface area contributed by atoms with Crippen molar-refractivity contribution in [1.29, 1.82) is 0 Å². The molecule has 0 bridgehead atoms. The maximum atomic E-state index is 15.6. The molecule has 4 heterocycles. The van der Waals surface area contributed by atoms with Gasteiger partial charge in [0.1, 0.15) is 0 Å². The van der Waals surface area contributed by atoms with Gasteiger partial charge >= 0.3 is 0 Å². The predicted octanol–water partition coefficient (Wildman–Crippen LogP) is 6.95. The summed E-state index contributed by atoms with van der Waals surface area (Å²) in [6.07, 6.45) is 5.23. The molecule has 9 nitrogen and oxygen atoms in total. The van der Waals surface area contributed by atoms with Crippen LogP contribution >= 0.6 is 23.2 Å². The molecule has 0 spiro atoms. The minimum atomic E-state index is -0.484. The summed E-state index contributed by atoms with van der Waals surface area (Å²) in [5.41, 5.74) is 3.90. The second kappa shape index (κ2) is 16.3. The number of alkyl halides is 1. The van der Waals surface area contributed by atoms with Gasteiger partial charge in [-0.25, -0.2) is 14.4 Å². The van der Waals surface area contributed by atoms with Gasteiger partial charge in [-0.15, -0.1) is 0 Å². The first-order valence-electron chi connectivity index (χ1n) is 15.4. The molecule has 4 aromatic rings. The van der Waals surface area contributed by atoms with E-state index >= 15 is 4.39 Å². The summed E-state index contributed by atoms with van der Waals surface area (Å²) in [6, 6.07) is 12.6. The van der Waals surface area contributed by atoms with Gasteiger partial charge in [0.05, 0.1) is 40.9 Å². The maximum Gasteiger partial charge on any atom is 0.219 e. The van der Waals surface area contributed by atoms with Gasteiger partial charge in [0.2, 0.25) is 11.8 Å². The highest BCUT2D eigenvalue weighted by molar-refractivity contribution is 6.39. The number of carbonyl (C=O) groups is 1. The number of carbonyl (C=O) groups excluding carboxylic acids is 1. The van der Waals surface area contributed by atoms with E-state index in [4.69, 9.17) is 27.9 Å². The van der Waals surface area contributed by atoms with Gasteiger partial charge in [-0.2, -0.15) is 0 Å². The number of halogens is 4. The molecule has 1 saturated heterocycles. The monoisotopic (exact) mass is 683 g/mol. The van der Waals surface area contributed by atoms with Crippen LogP contribution in [-0.2, 0) is 17.9 Å². The van der Waals surface area contributed by atoms with Crippen molar-refractivity contribution < 1.29 is 18.3 Å². The summed E-state index contributed by atoms with van der Waals surface area (Å²) >= 11 is 13.8. The lowest BCUT2D eigenvalue weighted by molar-refractivity contribution is -0.129. The van der Waals surface area contributed by atoms with Gasteiger partial charge in [-0.3, -0.25) is 14.2 Å². The lowest BCUT2D eigenvalue weighted by Crippen LogP contribution is -2.44. The largest absolute Gasteiger partial charge is 0.481 e. The summed E-state index contributed by atoms with van der Waals surface area (Å²) in [4.78, 5) is 26.8. The third kappa shape index (κ3) is 8.34. The smallest absolute Gasteiger partial charge is 0.219 e. The van der Waals surface area contributed by atoms with E-state index in [0.29, 0.717) is 88.8 Å².